The normalized spacial score (nSPS) is 35.8. The van der Waals surface area contributed by atoms with Gasteiger partial charge in [-0.1, -0.05) is 0 Å². The van der Waals surface area contributed by atoms with Gasteiger partial charge in [0.15, 0.2) is 0 Å². The van der Waals surface area contributed by atoms with Crippen LogP contribution in [-0.2, 0) is 19.0 Å². The van der Waals surface area contributed by atoms with Crippen LogP contribution in [0, 0.1) is 11.8 Å². The topological polar surface area (TPSA) is 44.8 Å². The van der Waals surface area contributed by atoms with E-state index in [0.29, 0.717) is 12.4 Å². The molecule has 1 spiro atoms. The van der Waals surface area contributed by atoms with Crippen molar-refractivity contribution in [2.75, 3.05) is 33.0 Å². The summed E-state index contributed by atoms with van der Waals surface area (Å²) in [5.74, 6) is 0.746. The smallest absolute Gasteiger partial charge is 0.141 e. The fraction of sp³-hybridized carbons (Fsp3) is 0.929. The minimum absolute atomic E-state index is 0.0731. The Morgan fingerprint density at radius 2 is 1.72 bits per heavy atom. The Hall–Kier alpha value is -0.450. The lowest BCUT2D eigenvalue weighted by molar-refractivity contribution is -0.159. The van der Waals surface area contributed by atoms with Gasteiger partial charge in [0.1, 0.15) is 5.78 Å². The maximum atomic E-state index is 12.5. The number of hydrogen-bond acceptors (Lipinski definition) is 4. The molecule has 3 aliphatic heterocycles. The molecule has 0 aromatic heterocycles. The molecule has 3 rings (SSSR count). The van der Waals surface area contributed by atoms with Gasteiger partial charge in [-0.05, 0) is 32.1 Å². The molecule has 4 nitrogen and oxygen atoms in total. The van der Waals surface area contributed by atoms with Gasteiger partial charge in [0.25, 0.3) is 0 Å². The summed E-state index contributed by atoms with van der Waals surface area (Å²) in [4.78, 5) is 12.5. The van der Waals surface area contributed by atoms with E-state index in [-0.39, 0.29) is 17.4 Å². The van der Waals surface area contributed by atoms with E-state index in [1.165, 1.54) is 0 Å². The molecule has 3 saturated heterocycles. The fourth-order valence-electron chi connectivity index (χ4n) is 3.45. The monoisotopic (exact) mass is 254 g/mol. The standard InChI is InChI=1S/C14H22O4/c15-13(12-1-5-17-10-12)11-2-6-18-14(9-11)3-7-16-8-4-14/h11-12H,1-10H2. The molecular weight excluding hydrogens is 232 g/mol. The predicted octanol–water partition coefficient (Wildman–Crippen LogP) is 1.57. The van der Waals surface area contributed by atoms with E-state index < -0.39 is 0 Å². The summed E-state index contributed by atoms with van der Waals surface area (Å²) in [6.07, 6.45) is 4.58. The Morgan fingerprint density at radius 1 is 0.944 bits per heavy atom. The van der Waals surface area contributed by atoms with Crippen LogP contribution in [0.5, 0.6) is 0 Å². The average molecular weight is 254 g/mol. The maximum absolute atomic E-state index is 12.5. The Balaban J connectivity index is 1.64. The molecule has 102 valence electrons. The minimum atomic E-state index is -0.0731. The molecule has 0 N–H and O–H groups in total. The maximum Gasteiger partial charge on any atom is 0.141 e. The van der Waals surface area contributed by atoms with Gasteiger partial charge >= 0.3 is 0 Å². The molecule has 2 atom stereocenters. The van der Waals surface area contributed by atoms with Crippen molar-refractivity contribution in [3.63, 3.8) is 0 Å². The lowest BCUT2D eigenvalue weighted by atomic mass is 9.76. The summed E-state index contributed by atoms with van der Waals surface area (Å²) in [6.45, 7) is 3.65. The Morgan fingerprint density at radius 3 is 2.44 bits per heavy atom. The molecule has 0 aromatic carbocycles. The average Bonchev–Trinajstić information content (AvgIpc) is 2.93. The summed E-state index contributed by atoms with van der Waals surface area (Å²) in [5, 5.41) is 0. The van der Waals surface area contributed by atoms with E-state index >= 15 is 0 Å². The van der Waals surface area contributed by atoms with E-state index in [1.807, 2.05) is 0 Å². The SMILES string of the molecule is O=C(C1CCOC1)C1CCOC2(CCOCC2)C1. The number of carbonyl (C=O) groups excluding carboxylic acids is 1. The highest BCUT2D eigenvalue weighted by molar-refractivity contribution is 5.84. The third kappa shape index (κ3) is 2.46. The highest BCUT2D eigenvalue weighted by Gasteiger charge is 2.42. The number of rotatable bonds is 2. The van der Waals surface area contributed by atoms with Gasteiger partial charge in [0.2, 0.25) is 0 Å². The highest BCUT2D eigenvalue weighted by Crippen LogP contribution is 2.38. The molecule has 0 radical (unpaired) electrons. The van der Waals surface area contributed by atoms with Gasteiger partial charge in [0.05, 0.1) is 12.2 Å². The number of ketones is 1. The summed E-state index contributed by atoms with van der Waals surface area (Å²) >= 11 is 0. The minimum Gasteiger partial charge on any atom is -0.381 e. The Labute approximate surface area is 108 Å². The van der Waals surface area contributed by atoms with Gasteiger partial charge < -0.3 is 14.2 Å². The number of carbonyl (C=O) groups is 1. The van der Waals surface area contributed by atoms with Gasteiger partial charge in [-0.15, -0.1) is 0 Å². The largest absolute Gasteiger partial charge is 0.381 e. The van der Waals surface area contributed by atoms with Crippen molar-refractivity contribution >= 4 is 5.78 Å². The van der Waals surface area contributed by atoms with Crippen LogP contribution in [0.1, 0.15) is 32.1 Å². The highest BCUT2D eigenvalue weighted by atomic mass is 16.5. The number of hydrogen-bond donors (Lipinski definition) is 0. The number of ether oxygens (including phenoxy) is 3. The van der Waals surface area contributed by atoms with Crippen molar-refractivity contribution in [2.45, 2.75) is 37.7 Å². The molecule has 0 saturated carbocycles. The first-order valence-corrected chi connectivity index (χ1v) is 7.12. The van der Waals surface area contributed by atoms with Gasteiger partial charge in [-0.3, -0.25) is 4.79 Å². The molecule has 0 amide bonds. The quantitative estimate of drug-likeness (QED) is 0.750. The molecule has 0 bridgehead atoms. The van der Waals surface area contributed by atoms with Crippen molar-refractivity contribution < 1.29 is 19.0 Å². The number of Topliss-reactive ketones (excluding diaryl/α,β-unsaturated/α-hetero) is 1. The zero-order valence-corrected chi connectivity index (χ0v) is 10.9. The molecule has 0 aliphatic carbocycles. The van der Waals surface area contributed by atoms with E-state index in [2.05, 4.69) is 0 Å². The lowest BCUT2D eigenvalue weighted by Crippen LogP contribution is -2.46. The fourth-order valence-corrected chi connectivity index (χ4v) is 3.45. The zero-order chi connectivity index (χ0) is 12.4. The molecular formula is C14H22O4. The second kappa shape index (κ2) is 5.27. The zero-order valence-electron chi connectivity index (χ0n) is 10.9. The van der Waals surface area contributed by atoms with Crippen LogP contribution < -0.4 is 0 Å². The molecule has 4 heteroatoms. The molecule has 2 unspecified atom stereocenters. The van der Waals surface area contributed by atoms with Crippen LogP contribution in [0.15, 0.2) is 0 Å². The third-order valence-corrected chi connectivity index (χ3v) is 4.63. The van der Waals surface area contributed by atoms with Crippen molar-refractivity contribution in [3.05, 3.63) is 0 Å². The molecule has 3 fully saturated rings. The first-order chi connectivity index (χ1) is 8.79. The predicted molar refractivity (Wildman–Crippen MR) is 65.4 cm³/mol. The van der Waals surface area contributed by atoms with Crippen LogP contribution in [0.3, 0.4) is 0 Å². The Bertz CT molecular complexity index is 297. The van der Waals surface area contributed by atoms with Gasteiger partial charge in [0, 0.05) is 38.3 Å². The molecule has 3 heterocycles. The van der Waals surface area contributed by atoms with Gasteiger partial charge in [-0.25, -0.2) is 0 Å². The van der Waals surface area contributed by atoms with Crippen molar-refractivity contribution in [1.82, 2.24) is 0 Å². The van der Waals surface area contributed by atoms with Crippen LogP contribution >= 0.6 is 0 Å². The van der Waals surface area contributed by atoms with E-state index in [0.717, 1.165) is 58.5 Å². The van der Waals surface area contributed by atoms with Crippen LogP contribution in [0.4, 0.5) is 0 Å². The summed E-state index contributed by atoms with van der Waals surface area (Å²) in [7, 11) is 0. The van der Waals surface area contributed by atoms with Crippen LogP contribution in [-0.4, -0.2) is 44.4 Å². The molecule has 3 aliphatic rings. The first-order valence-electron chi connectivity index (χ1n) is 7.12. The summed E-state index contributed by atoms with van der Waals surface area (Å²) in [6, 6.07) is 0. The van der Waals surface area contributed by atoms with Crippen LogP contribution in [0.2, 0.25) is 0 Å². The first kappa shape index (κ1) is 12.6. The lowest BCUT2D eigenvalue weighted by Gasteiger charge is -2.43. The Kier molecular flexibility index (Phi) is 3.68. The summed E-state index contributed by atoms with van der Waals surface area (Å²) in [5.41, 5.74) is -0.0731. The summed E-state index contributed by atoms with van der Waals surface area (Å²) < 4.78 is 16.7. The molecule has 18 heavy (non-hydrogen) atoms. The van der Waals surface area contributed by atoms with E-state index in [1.54, 1.807) is 0 Å². The van der Waals surface area contributed by atoms with Crippen molar-refractivity contribution in [2.24, 2.45) is 11.8 Å². The van der Waals surface area contributed by atoms with Crippen molar-refractivity contribution in [3.8, 4) is 0 Å². The van der Waals surface area contributed by atoms with Gasteiger partial charge in [-0.2, -0.15) is 0 Å². The van der Waals surface area contributed by atoms with Crippen molar-refractivity contribution in [1.29, 1.82) is 0 Å². The van der Waals surface area contributed by atoms with E-state index in [9.17, 15) is 4.79 Å². The van der Waals surface area contributed by atoms with Crippen LogP contribution in [0.25, 0.3) is 0 Å². The second-order valence-electron chi connectivity index (χ2n) is 5.80. The van der Waals surface area contributed by atoms with E-state index in [4.69, 9.17) is 14.2 Å². The third-order valence-electron chi connectivity index (χ3n) is 4.63. The second-order valence-corrected chi connectivity index (χ2v) is 5.80. The molecule has 0 aromatic rings.